The van der Waals surface area contributed by atoms with Crippen molar-refractivity contribution < 1.29 is 20.1 Å². The fraction of sp³-hybridized carbons (Fsp3) is 0.533. The lowest BCUT2D eigenvalue weighted by Crippen LogP contribution is -2.21. The van der Waals surface area contributed by atoms with Gasteiger partial charge in [0.2, 0.25) is 0 Å². The van der Waals surface area contributed by atoms with E-state index in [1.165, 1.54) is 12.1 Å². The first-order valence-corrected chi connectivity index (χ1v) is 6.54. The molecule has 0 saturated carbocycles. The minimum atomic E-state index is -0.969. The van der Waals surface area contributed by atoms with Crippen molar-refractivity contribution >= 4 is 5.97 Å². The van der Waals surface area contributed by atoms with Crippen molar-refractivity contribution in [2.75, 3.05) is 6.61 Å². The molecule has 4 heteroatoms. The van der Waals surface area contributed by atoms with Gasteiger partial charge in [0.05, 0.1) is 11.2 Å². The van der Waals surface area contributed by atoms with E-state index in [4.69, 9.17) is 10.2 Å². The van der Waals surface area contributed by atoms with E-state index >= 15 is 0 Å². The van der Waals surface area contributed by atoms with Crippen molar-refractivity contribution in [1.29, 1.82) is 0 Å². The third-order valence-corrected chi connectivity index (χ3v) is 3.43. The third-order valence-electron chi connectivity index (χ3n) is 3.43. The number of hydrogen-bond acceptors (Lipinski definition) is 3. The topological polar surface area (TPSA) is 77.8 Å². The van der Waals surface area contributed by atoms with Crippen molar-refractivity contribution in [2.24, 2.45) is 5.92 Å². The maximum absolute atomic E-state index is 10.8. The highest BCUT2D eigenvalue weighted by molar-refractivity contribution is 5.87. The van der Waals surface area contributed by atoms with Crippen LogP contribution in [0.2, 0.25) is 0 Å². The summed E-state index contributed by atoms with van der Waals surface area (Å²) in [5.41, 5.74) is -0.0331. The molecule has 1 rings (SSSR count). The van der Waals surface area contributed by atoms with Gasteiger partial charge in [0.1, 0.15) is 0 Å². The molecular formula is C15H22O4. The lowest BCUT2D eigenvalue weighted by Gasteiger charge is -2.24. The average Bonchev–Trinajstić information content (AvgIpc) is 2.38. The molecular weight excluding hydrogens is 244 g/mol. The van der Waals surface area contributed by atoms with Crippen molar-refractivity contribution in [1.82, 2.24) is 0 Å². The van der Waals surface area contributed by atoms with Gasteiger partial charge in [-0.25, -0.2) is 4.79 Å². The number of carbonyl (C=O) groups is 1. The number of carboxylic acids is 1. The Morgan fingerprint density at radius 2 is 1.89 bits per heavy atom. The first kappa shape index (κ1) is 15.7. The van der Waals surface area contributed by atoms with Gasteiger partial charge in [-0.1, -0.05) is 19.1 Å². The molecule has 3 N–H and O–H groups in total. The van der Waals surface area contributed by atoms with Crippen LogP contribution in [0.25, 0.3) is 0 Å². The monoisotopic (exact) mass is 266 g/mol. The number of aliphatic hydroxyl groups excluding tert-OH is 1. The molecule has 0 radical (unpaired) electrons. The van der Waals surface area contributed by atoms with Crippen LogP contribution in [0.15, 0.2) is 24.3 Å². The Morgan fingerprint density at radius 1 is 1.32 bits per heavy atom. The van der Waals surface area contributed by atoms with Crippen LogP contribution in [-0.4, -0.2) is 27.9 Å². The van der Waals surface area contributed by atoms with Crippen LogP contribution in [0.5, 0.6) is 0 Å². The van der Waals surface area contributed by atoms with Crippen LogP contribution in [0, 0.1) is 5.92 Å². The second kappa shape index (κ2) is 6.68. The standard InChI is InChI=1S/C15H22O4/c1-11(10-16)4-3-9-15(2,19)13-7-5-12(6-8-13)14(17)18/h5-8,11,16,19H,3-4,9-10H2,1-2H3,(H,17,18)/t11?,15-/m0/s1. The predicted molar refractivity (Wildman–Crippen MR) is 73.1 cm³/mol. The Labute approximate surface area is 113 Å². The number of aliphatic hydroxyl groups is 2. The summed E-state index contributed by atoms with van der Waals surface area (Å²) in [5, 5.41) is 28.2. The molecule has 0 aliphatic heterocycles. The summed E-state index contributed by atoms with van der Waals surface area (Å²) in [4.78, 5) is 10.8. The zero-order valence-corrected chi connectivity index (χ0v) is 11.5. The van der Waals surface area contributed by atoms with E-state index in [0.717, 1.165) is 12.8 Å². The molecule has 0 aliphatic rings. The van der Waals surface area contributed by atoms with E-state index in [9.17, 15) is 9.90 Å². The molecule has 1 unspecified atom stereocenters. The number of carboxylic acid groups (broad SMARTS) is 1. The largest absolute Gasteiger partial charge is 0.478 e. The Bertz CT molecular complexity index is 409. The van der Waals surface area contributed by atoms with Crippen molar-refractivity contribution in [3.63, 3.8) is 0 Å². The van der Waals surface area contributed by atoms with Gasteiger partial charge in [0.15, 0.2) is 0 Å². The summed E-state index contributed by atoms with van der Waals surface area (Å²) in [6.07, 6.45) is 2.26. The second-order valence-corrected chi connectivity index (χ2v) is 5.34. The lowest BCUT2D eigenvalue weighted by atomic mass is 9.88. The van der Waals surface area contributed by atoms with Crippen LogP contribution in [0.3, 0.4) is 0 Å². The molecule has 0 heterocycles. The van der Waals surface area contributed by atoms with E-state index in [1.54, 1.807) is 19.1 Å². The van der Waals surface area contributed by atoms with Crippen molar-refractivity contribution in [3.8, 4) is 0 Å². The Balaban J connectivity index is 2.63. The van der Waals surface area contributed by atoms with Gasteiger partial charge in [0.25, 0.3) is 0 Å². The number of hydrogen-bond donors (Lipinski definition) is 3. The smallest absolute Gasteiger partial charge is 0.335 e. The normalized spacial score (nSPS) is 15.8. The van der Waals surface area contributed by atoms with E-state index < -0.39 is 11.6 Å². The average molecular weight is 266 g/mol. The highest BCUT2D eigenvalue weighted by Gasteiger charge is 2.23. The zero-order valence-electron chi connectivity index (χ0n) is 11.5. The van der Waals surface area contributed by atoms with Crippen LogP contribution < -0.4 is 0 Å². The quantitative estimate of drug-likeness (QED) is 0.708. The van der Waals surface area contributed by atoms with Crippen LogP contribution in [0.4, 0.5) is 0 Å². The van der Waals surface area contributed by atoms with E-state index in [2.05, 4.69) is 0 Å². The molecule has 0 saturated heterocycles. The molecule has 0 spiro atoms. The molecule has 2 atom stereocenters. The van der Waals surface area contributed by atoms with E-state index in [-0.39, 0.29) is 18.1 Å². The molecule has 0 aliphatic carbocycles. The highest BCUT2D eigenvalue weighted by Crippen LogP contribution is 2.27. The van der Waals surface area contributed by atoms with Gasteiger partial charge in [-0.05, 0) is 49.8 Å². The maximum Gasteiger partial charge on any atom is 0.335 e. The molecule has 0 bridgehead atoms. The predicted octanol–water partition coefficient (Wildman–Crippen LogP) is 2.39. The zero-order chi connectivity index (χ0) is 14.5. The summed E-state index contributed by atoms with van der Waals surface area (Å²) < 4.78 is 0. The van der Waals surface area contributed by atoms with Crippen LogP contribution in [-0.2, 0) is 5.60 Å². The fourth-order valence-electron chi connectivity index (χ4n) is 2.00. The Morgan fingerprint density at radius 3 is 2.37 bits per heavy atom. The van der Waals surface area contributed by atoms with Crippen LogP contribution in [0.1, 0.15) is 49.0 Å². The summed E-state index contributed by atoms with van der Waals surface area (Å²) in [5.74, 6) is -0.729. The van der Waals surface area contributed by atoms with Gasteiger partial charge in [-0.2, -0.15) is 0 Å². The van der Waals surface area contributed by atoms with Gasteiger partial charge < -0.3 is 15.3 Å². The maximum atomic E-state index is 10.8. The minimum Gasteiger partial charge on any atom is -0.478 e. The molecule has 4 nitrogen and oxygen atoms in total. The second-order valence-electron chi connectivity index (χ2n) is 5.34. The highest BCUT2D eigenvalue weighted by atomic mass is 16.4. The fourth-order valence-corrected chi connectivity index (χ4v) is 2.00. The Hall–Kier alpha value is -1.39. The molecule has 106 valence electrons. The van der Waals surface area contributed by atoms with Gasteiger partial charge in [-0.3, -0.25) is 0 Å². The molecule has 1 aromatic rings. The van der Waals surface area contributed by atoms with Gasteiger partial charge >= 0.3 is 5.97 Å². The molecule has 19 heavy (non-hydrogen) atoms. The Kier molecular flexibility index (Phi) is 5.51. The number of benzene rings is 1. The SMILES string of the molecule is CC(CO)CCC[C@](C)(O)c1ccc(C(=O)O)cc1. The third kappa shape index (κ3) is 4.65. The summed E-state index contributed by atoms with van der Waals surface area (Å²) >= 11 is 0. The minimum absolute atomic E-state index is 0.162. The van der Waals surface area contributed by atoms with Crippen LogP contribution >= 0.6 is 0 Å². The lowest BCUT2D eigenvalue weighted by molar-refractivity contribution is 0.0428. The summed E-state index contributed by atoms with van der Waals surface area (Å²) in [7, 11) is 0. The number of rotatable bonds is 7. The summed E-state index contributed by atoms with van der Waals surface area (Å²) in [6.45, 7) is 3.86. The van der Waals surface area contributed by atoms with E-state index in [1.807, 2.05) is 6.92 Å². The first-order chi connectivity index (χ1) is 8.86. The molecule has 0 fully saturated rings. The first-order valence-electron chi connectivity index (χ1n) is 6.54. The van der Waals surface area contributed by atoms with Gasteiger partial charge in [0, 0.05) is 6.61 Å². The van der Waals surface area contributed by atoms with Crippen molar-refractivity contribution in [3.05, 3.63) is 35.4 Å². The molecule has 0 aromatic heterocycles. The van der Waals surface area contributed by atoms with Gasteiger partial charge in [-0.15, -0.1) is 0 Å². The van der Waals surface area contributed by atoms with E-state index in [0.29, 0.717) is 12.0 Å². The number of aromatic carboxylic acids is 1. The van der Waals surface area contributed by atoms with Crippen molar-refractivity contribution in [2.45, 2.75) is 38.7 Å². The summed E-state index contributed by atoms with van der Waals surface area (Å²) in [6, 6.07) is 6.31. The molecule has 0 amide bonds. The molecule has 1 aromatic carbocycles.